The van der Waals surface area contributed by atoms with Gasteiger partial charge in [0.05, 0.1) is 5.56 Å². The van der Waals surface area contributed by atoms with Gasteiger partial charge in [-0.3, -0.25) is 0 Å². The topological polar surface area (TPSA) is 0 Å². The molecule has 1 aromatic carbocycles. The molecule has 0 aliphatic rings. The third-order valence-corrected chi connectivity index (χ3v) is 3.25. The van der Waals surface area contributed by atoms with E-state index in [1.165, 1.54) is 12.1 Å². The molecule has 0 atom stereocenters. The lowest BCUT2D eigenvalue weighted by Gasteiger charge is -2.13. The van der Waals surface area contributed by atoms with E-state index in [0.717, 1.165) is 0 Å². The molecule has 14 heavy (non-hydrogen) atoms. The lowest BCUT2D eigenvalue weighted by atomic mass is 10.1. The molecule has 1 rings (SSSR count). The van der Waals surface area contributed by atoms with E-state index in [1.54, 1.807) is 0 Å². The van der Waals surface area contributed by atoms with Crippen LogP contribution in [0.3, 0.4) is 0 Å². The monoisotopic (exact) mass is 394 g/mol. The summed E-state index contributed by atoms with van der Waals surface area (Å²) in [6.07, 6.45) is -4.33. The predicted molar refractivity (Wildman–Crippen MR) is 59.5 cm³/mol. The van der Waals surface area contributed by atoms with Crippen LogP contribution in [0.25, 0.3) is 0 Å². The third kappa shape index (κ3) is 2.73. The Kier molecular flexibility index (Phi) is 4.05. The molecule has 0 bridgehead atoms. The zero-order valence-electron chi connectivity index (χ0n) is 6.63. The minimum absolute atomic E-state index is 0.0498. The van der Waals surface area contributed by atoms with Crippen LogP contribution >= 0.6 is 47.8 Å². The highest BCUT2D eigenvalue weighted by atomic mass is 79.9. The van der Waals surface area contributed by atoms with Gasteiger partial charge in [0.1, 0.15) is 0 Å². The predicted octanol–water partition coefficient (Wildman–Crippen LogP) is 5.13. The van der Waals surface area contributed by atoms with E-state index in [9.17, 15) is 13.2 Å². The van der Waals surface area contributed by atoms with Gasteiger partial charge in [-0.25, -0.2) is 0 Å². The molecule has 6 heteroatoms. The molecule has 78 valence electrons. The van der Waals surface area contributed by atoms with E-state index < -0.39 is 11.7 Å². The van der Waals surface area contributed by atoms with Crippen molar-refractivity contribution in [3.63, 3.8) is 0 Å². The molecule has 0 aliphatic carbocycles. The number of rotatable bonds is 1. The van der Waals surface area contributed by atoms with E-state index in [-0.39, 0.29) is 15.4 Å². The number of benzene rings is 1. The van der Waals surface area contributed by atoms with E-state index in [1.807, 2.05) is 0 Å². The zero-order chi connectivity index (χ0) is 10.9. The first-order valence-corrected chi connectivity index (χ1v) is 6.18. The summed E-state index contributed by atoms with van der Waals surface area (Å²) in [6, 6.07) is 2.83. The highest BCUT2D eigenvalue weighted by Gasteiger charge is 2.35. The van der Waals surface area contributed by atoms with Gasteiger partial charge in [-0.15, -0.1) is 0 Å². The standard InChI is InChI=1S/C8H4Br3F3/c9-3-4-1-5(10)2-6(11)7(4)8(12,13)14/h1-2H,3H2. The minimum atomic E-state index is -4.33. The van der Waals surface area contributed by atoms with Crippen LogP contribution in [0, 0.1) is 0 Å². The summed E-state index contributed by atoms with van der Waals surface area (Å²) < 4.78 is 38.4. The molecule has 0 radical (unpaired) electrons. The van der Waals surface area contributed by atoms with E-state index in [0.29, 0.717) is 4.47 Å². The summed E-state index contributed by atoms with van der Waals surface area (Å²) in [5.74, 6) is 0. The molecule has 0 amide bonds. The Morgan fingerprint density at radius 1 is 1.14 bits per heavy atom. The highest BCUT2D eigenvalue weighted by molar-refractivity contribution is 9.11. The highest BCUT2D eigenvalue weighted by Crippen LogP contribution is 2.39. The Morgan fingerprint density at radius 3 is 2.14 bits per heavy atom. The van der Waals surface area contributed by atoms with Crippen molar-refractivity contribution in [3.8, 4) is 0 Å². The molecule has 0 aromatic heterocycles. The molecule has 0 unspecified atom stereocenters. The van der Waals surface area contributed by atoms with Gasteiger partial charge in [-0.1, -0.05) is 47.8 Å². The largest absolute Gasteiger partial charge is 0.417 e. The second-order valence-corrected chi connectivity index (χ2v) is 4.88. The van der Waals surface area contributed by atoms with Gasteiger partial charge in [0.15, 0.2) is 0 Å². The van der Waals surface area contributed by atoms with Crippen molar-refractivity contribution in [2.75, 3.05) is 0 Å². The summed E-state index contributed by atoms with van der Waals surface area (Å²) in [6.45, 7) is 0. The van der Waals surface area contributed by atoms with Gasteiger partial charge < -0.3 is 0 Å². The average Bonchev–Trinajstić information content (AvgIpc) is 1.99. The van der Waals surface area contributed by atoms with E-state index >= 15 is 0 Å². The Balaban J connectivity index is 3.40. The second-order valence-electron chi connectivity index (χ2n) is 2.55. The molecule has 0 N–H and O–H groups in total. The van der Waals surface area contributed by atoms with Crippen LogP contribution in [0.1, 0.15) is 11.1 Å². The van der Waals surface area contributed by atoms with Crippen LogP contribution in [-0.4, -0.2) is 0 Å². The number of alkyl halides is 4. The minimum Gasteiger partial charge on any atom is -0.166 e. The molecule has 0 spiro atoms. The summed E-state index contributed by atoms with van der Waals surface area (Å²) >= 11 is 9.07. The number of hydrogen-bond acceptors (Lipinski definition) is 0. The van der Waals surface area contributed by atoms with Crippen molar-refractivity contribution in [1.82, 2.24) is 0 Å². The first-order valence-electron chi connectivity index (χ1n) is 3.47. The summed E-state index contributed by atoms with van der Waals surface area (Å²) in [5.41, 5.74) is -0.420. The lowest BCUT2D eigenvalue weighted by Crippen LogP contribution is -2.09. The van der Waals surface area contributed by atoms with E-state index in [2.05, 4.69) is 47.8 Å². The van der Waals surface area contributed by atoms with Crippen LogP contribution in [-0.2, 0) is 11.5 Å². The molecule has 0 saturated carbocycles. The van der Waals surface area contributed by atoms with Crippen molar-refractivity contribution in [1.29, 1.82) is 0 Å². The zero-order valence-corrected chi connectivity index (χ0v) is 11.4. The molecule has 0 nitrogen and oxygen atoms in total. The van der Waals surface area contributed by atoms with Gasteiger partial charge >= 0.3 is 6.18 Å². The van der Waals surface area contributed by atoms with Gasteiger partial charge in [-0.05, 0) is 17.7 Å². The normalized spacial score (nSPS) is 11.9. The lowest BCUT2D eigenvalue weighted by molar-refractivity contribution is -0.138. The third-order valence-electron chi connectivity index (χ3n) is 1.56. The fourth-order valence-electron chi connectivity index (χ4n) is 1.05. The van der Waals surface area contributed by atoms with Crippen LogP contribution < -0.4 is 0 Å². The van der Waals surface area contributed by atoms with Crippen molar-refractivity contribution >= 4 is 47.8 Å². The van der Waals surface area contributed by atoms with Crippen LogP contribution in [0.15, 0.2) is 21.1 Å². The van der Waals surface area contributed by atoms with Crippen molar-refractivity contribution in [2.45, 2.75) is 11.5 Å². The van der Waals surface area contributed by atoms with Crippen molar-refractivity contribution in [2.24, 2.45) is 0 Å². The average molecular weight is 397 g/mol. The molecular weight excluding hydrogens is 393 g/mol. The molecule has 0 aliphatic heterocycles. The molecule has 0 fully saturated rings. The molecule has 1 aromatic rings. The summed E-state index contributed by atoms with van der Waals surface area (Å²) in [7, 11) is 0. The van der Waals surface area contributed by atoms with Crippen LogP contribution in [0.5, 0.6) is 0 Å². The van der Waals surface area contributed by atoms with Crippen molar-refractivity contribution in [3.05, 3.63) is 32.2 Å². The Morgan fingerprint density at radius 2 is 1.71 bits per heavy atom. The van der Waals surface area contributed by atoms with Gasteiger partial charge in [0.25, 0.3) is 0 Å². The van der Waals surface area contributed by atoms with Crippen LogP contribution in [0.4, 0.5) is 13.2 Å². The summed E-state index contributed by atoms with van der Waals surface area (Å²) in [4.78, 5) is 0. The van der Waals surface area contributed by atoms with Gasteiger partial charge in [0, 0.05) is 14.3 Å². The SMILES string of the molecule is FC(F)(F)c1c(Br)cc(Br)cc1CBr. The molecule has 0 saturated heterocycles. The number of hydrogen-bond donors (Lipinski definition) is 0. The maximum absolute atomic E-state index is 12.6. The van der Waals surface area contributed by atoms with Gasteiger partial charge in [-0.2, -0.15) is 13.2 Å². The number of halogens is 6. The second kappa shape index (κ2) is 4.53. The maximum atomic E-state index is 12.6. The quantitative estimate of drug-likeness (QED) is 0.578. The Hall–Kier alpha value is 0.450. The smallest absolute Gasteiger partial charge is 0.166 e. The first kappa shape index (κ1) is 12.5. The maximum Gasteiger partial charge on any atom is 0.417 e. The Labute approximate surface area is 104 Å². The molecular formula is C8H4Br3F3. The van der Waals surface area contributed by atoms with Gasteiger partial charge in [0.2, 0.25) is 0 Å². The fourth-order valence-corrected chi connectivity index (χ4v) is 3.03. The first-order chi connectivity index (χ1) is 6.36. The van der Waals surface area contributed by atoms with Crippen molar-refractivity contribution < 1.29 is 13.2 Å². The Bertz CT molecular complexity index is 346. The summed E-state index contributed by atoms with van der Waals surface area (Å²) in [5, 5.41) is 0.167. The van der Waals surface area contributed by atoms with Crippen LogP contribution in [0.2, 0.25) is 0 Å². The molecule has 0 heterocycles. The van der Waals surface area contributed by atoms with E-state index in [4.69, 9.17) is 0 Å². The fraction of sp³-hybridized carbons (Fsp3) is 0.250.